The van der Waals surface area contributed by atoms with E-state index in [0.29, 0.717) is 11.9 Å². The maximum atomic E-state index is 11.7. The topological polar surface area (TPSA) is 51.2 Å². The molecular weight excluding hydrogens is 252 g/mol. The number of nitrogens with one attached hydrogen (secondary N) is 1. The highest BCUT2D eigenvalue weighted by atomic mass is 16.5. The highest BCUT2D eigenvalue weighted by Gasteiger charge is 2.24. The molecule has 1 N–H and O–H groups in total. The van der Waals surface area contributed by atoms with Gasteiger partial charge in [0.25, 0.3) is 0 Å². The lowest BCUT2D eigenvalue weighted by molar-refractivity contribution is -0.125. The van der Waals surface area contributed by atoms with Gasteiger partial charge in [0.2, 0.25) is 11.8 Å². The lowest BCUT2D eigenvalue weighted by Gasteiger charge is -2.29. The zero-order chi connectivity index (χ0) is 14.5. The Kier molecular flexibility index (Phi) is 4.99. The predicted molar refractivity (Wildman–Crippen MR) is 78.6 cm³/mol. The molecule has 20 heavy (non-hydrogen) atoms. The first-order valence-corrected chi connectivity index (χ1v) is 7.44. The second kappa shape index (κ2) is 6.73. The number of nitrogens with zero attached hydrogens (tertiary/aromatic N) is 1. The summed E-state index contributed by atoms with van der Waals surface area (Å²) in [5.41, 5.74) is 1.14. The number of aromatic nitrogens is 1. The molecule has 0 bridgehead atoms. The van der Waals surface area contributed by atoms with Crippen LogP contribution >= 0.6 is 0 Å². The van der Waals surface area contributed by atoms with Crippen LogP contribution in [0.2, 0.25) is 0 Å². The molecule has 1 aromatic heterocycles. The molecule has 0 aromatic carbocycles. The zero-order valence-electron chi connectivity index (χ0n) is 12.6. The van der Waals surface area contributed by atoms with E-state index >= 15 is 0 Å². The number of rotatable bonds is 4. The Hall–Kier alpha value is -1.58. The average Bonchev–Trinajstić information content (AvgIpc) is 2.43. The quantitative estimate of drug-likeness (QED) is 0.920. The summed E-state index contributed by atoms with van der Waals surface area (Å²) in [6, 6.07) is 4.23. The Morgan fingerprint density at radius 2 is 2.00 bits per heavy atom. The minimum Gasteiger partial charge on any atom is -0.474 e. The van der Waals surface area contributed by atoms with Gasteiger partial charge in [0, 0.05) is 24.2 Å². The van der Waals surface area contributed by atoms with E-state index in [1.165, 1.54) is 0 Å². The lowest BCUT2D eigenvalue weighted by atomic mass is 9.92. The third-order valence-electron chi connectivity index (χ3n) is 3.72. The fourth-order valence-electron chi connectivity index (χ4n) is 2.39. The Bertz CT molecular complexity index is 434. The number of aryl methyl sites for hydroxylation is 1. The van der Waals surface area contributed by atoms with Gasteiger partial charge in [-0.3, -0.25) is 4.79 Å². The second-order valence-electron chi connectivity index (χ2n) is 5.93. The molecule has 1 aliphatic rings. The highest BCUT2D eigenvalue weighted by Crippen LogP contribution is 2.23. The van der Waals surface area contributed by atoms with Gasteiger partial charge in [-0.25, -0.2) is 4.98 Å². The van der Waals surface area contributed by atoms with Gasteiger partial charge in [-0.2, -0.15) is 0 Å². The zero-order valence-corrected chi connectivity index (χ0v) is 12.6. The fraction of sp³-hybridized carbons (Fsp3) is 0.625. The molecule has 110 valence electrons. The van der Waals surface area contributed by atoms with E-state index in [1.54, 1.807) is 0 Å². The number of ether oxygens (including phenoxy) is 1. The van der Waals surface area contributed by atoms with E-state index in [-0.39, 0.29) is 17.9 Å². The normalized spacial score (nSPS) is 22.6. The van der Waals surface area contributed by atoms with Crippen molar-refractivity contribution in [1.82, 2.24) is 10.3 Å². The Labute approximate surface area is 120 Å². The number of hydrogen-bond donors (Lipinski definition) is 1. The Morgan fingerprint density at radius 1 is 1.30 bits per heavy atom. The summed E-state index contributed by atoms with van der Waals surface area (Å²) in [6.07, 6.45) is 5.95. The van der Waals surface area contributed by atoms with Gasteiger partial charge in [0.1, 0.15) is 6.10 Å². The van der Waals surface area contributed by atoms with Crippen LogP contribution in [-0.2, 0) is 4.79 Å². The van der Waals surface area contributed by atoms with E-state index in [1.807, 2.05) is 39.1 Å². The van der Waals surface area contributed by atoms with Crippen molar-refractivity contribution in [2.45, 2.75) is 58.6 Å². The smallest absolute Gasteiger partial charge is 0.222 e. The molecule has 2 rings (SSSR count). The Balaban J connectivity index is 1.77. The van der Waals surface area contributed by atoms with Gasteiger partial charge in [-0.05, 0) is 38.2 Å². The number of carbonyl (C=O) groups excluding carboxylic acids is 1. The molecule has 0 spiro atoms. The summed E-state index contributed by atoms with van der Waals surface area (Å²) < 4.78 is 5.89. The molecule has 4 nitrogen and oxygen atoms in total. The van der Waals surface area contributed by atoms with Crippen LogP contribution in [0.15, 0.2) is 18.3 Å². The van der Waals surface area contributed by atoms with Crippen LogP contribution in [-0.4, -0.2) is 23.0 Å². The first-order chi connectivity index (χ1) is 9.54. The van der Waals surface area contributed by atoms with E-state index < -0.39 is 0 Å². The largest absolute Gasteiger partial charge is 0.474 e. The van der Waals surface area contributed by atoms with Crippen LogP contribution in [0.4, 0.5) is 0 Å². The van der Waals surface area contributed by atoms with Crippen LogP contribution in [0, 0.1) is 12.8 Å². The molecule has 1 aromatic rings. The van der Waals surface area contributed by atoms with Crippen LogP contribution in [0.25, 0.3) is 0 Å². The first-order valence-electron chi connectivity index (χ1n) is 7.44. The minimum atomic E-state index is 0.0562. The molecule has 1 amide bonds. The van der Waals surface area contributed by atoms with Gasteiger partial charge in [-0.15, -0.1) is 0 Å². The maximum Gasteiger partial charge on any atom is 0.222 e. The van der Waals surface area contributed by atoms with Crippen molar-refractivity contribution in [3.05, 3.63) is 23.9 Å². The molecular formula is C16H24N2O2. The standard InChI is InChI=1S/C16H24N2O2/c1-11(2)16(19)18-13-5-7-14(8-6-13)20-15-9-4-12(3)10-17-15/h4,9-11,13-14H,5-8H2,1-3H3,(H,18,19). The average molecular weight is 276 g/mol. The number of carbonyl (C=O) groups is 1. The SMILES string of the molecule is Cc1ccc(OC2CCC(NC(=O)C(C)C)CC2)nc1. The first kappa shape index (κ1) is 14.8. The van der Waals surface area contributed by atoms with E-state index in [9.17, 15) is 4.79 Å². The summed E-state index contributed by atoms with van der Waals surface area (Å²) in [4.78, 5) is 15.9. The van der Waals surface area contributed by atoms with Crippen LogP contribution in [0.1, 0.15) is 45.1 Å². The monoisotopic (exact) mass is 276 g/mol. The molecule has 1 heterocycles. The van der Waals surface area contributed by atoms with Crippen LogP contribution in [0.5, 0.6) is 5.88 Å². The van der Waals surface area contributed by atoms with Gasteiger partial charge in [-0.1, -0.05) is 19.9 Å². The predicted octanol–water partition coefficient (Wildman–Crippen LogP) is 2.85. The summed E-state index contributed by atoms with van der Waals surface area (Å²) >= 11 is 0. The third kappa shape index (κ3) is 4.22. The molecule has 0 saturated heterocycles. The van der Waals surface area contributed by atoms with Crippen molar-refractivity contribution in [3.63, 3.8) is 0 Å². The van der Waals surface area contributed by atoms with E-state index in [0.717, 1.165) is 31.2 Å². The molecule has 0 unspecified atom stereocenters. The minimum absolute atomic E-state index is 0.0562. The van der Waals surface area contributed by atoms with Crippen molar-refractivity contribution >= 4 is 5.91 Å². The lowest BCUT2D eigenvalue weighted by Crippen LogP contribution is -2.41. The number of amides is 1. The van der Waals surface area contributed by atoms with Gasteiger partial charge in [0.05, 0.1) is 0 Å². The van der Waals surface area contributed by atoms with Gasteiger partial charge < -0.3 is 10.1 Å². The van der Waals surface area contributed by atoms with Crippen molar-refractivity contribution in [3.8, 4) is 5.88 Å². The summed E-state index contributed by atoms with van der Waals surface area (Å²) in [5.74, 6) is 0.903. The summed E-state index contributed by atoms with van der Waals surface area (Å²) in [5, 5.41) is 3.10. The molecule has 0 atom stereocenters. The number of pyridine rings is 1. The summed E-state index contributed by atoms with van der Waals surface area (Å²) in [6.45, 7) is 5.86. The van der Waals surface area contributed by atoms with Crippen LogP contribution < -0.4 is 10.1 Å². The summed E-state index contributed by atoms with van der Waals surface area (Å²) in [7, 11) is 0. The molecule has 4 heteroatoms. The van der Waals surface area contributed by atoms with Crippen molar-refractivity contribution < 1.29 is 9.53 Å². The third-order valence-corrected chi connectivity index (χ3v) is 3.72. The number of hydrogen-bond acceptors (Lipinski definition) is 3. The molecule has 0 radical (unpaired) electrons. The molecule has 1 aliphatic carbocycles. The van der Waals surface area contributed by atoms with E-state index in [2.05, 4.69) is 10.3 Å². The molecule has 1 saturated carbocycles. The van der Waals surface area contributed by atoms with E-state index in [4.69, 9.17) is 4.74 Å². The van der Waals surface area contributed by atoms with Gasteiger partial charge in [0.15, 0.2) is 0 Å². The second-order valence-corrected chi connectivity index (χ2v) is 5.93. The van der Waals surface area contributed by atoms with Crippen LogP contribution in [0.3, 0.4) is 0 Å². The van der Waals surface area contributed by atoms with Gasteiger partial charge >= 0.3 is 0 Å². The molecule has 1 fully saturated rings. The van der Waals surface area contributed by atoms with Crippen molar-refractivity contribution in [1.29, 1.82) is 0 Å². The fourth-order valence-corrected chi connectivity index (χ4v) is 2.39. The van der Waals surface area contributed by atoms with Crippen molar-refractivity contribution in [2.75, 3.05) is 0 Å². The maximum absolute atomic E-state index is 11.7. The highest BCUT2D eigenvalue weighted by molar-refractivity contribution is 5.78. The Morgan fingerprint density at radius 3 is 2.55 bits per heavy atom. The molecule has 0 aliphatic heterocycles. The van der Waals surface area contributed by atoms with Crippen molar-refractivity contribution in [2.24, 2.45) is 5.92 Å².